The number of benzene rings is 1. The van der Waals surface area contributed by atoms with Crippen molar-refractivity contribution in [1.82, 2.24) is 19.9 Å². The lowest BCUT2D eigenvalue weighted by atomic mass is 10.1. The van der Waals surface area contributed by atoms with Crippen molar-refractivity contribution in [3.05, 3.63) is 35.0 Å². The summed E-state index contributed by atoms with van der Waals surface area (Å²) in [5.41, 5.74) is 2.81. The first kappa shape index (κ1) is 18.7. The first-order valence-corrected chi connectivity index (χ1v) is 9.71. The summed E-state index contributed by atoms with van der Waals surface area (Å²) >= 11 is 0. The molecule has 1 aliphatic heterocycles. The number of rotatable bonds is 4. The maximum atomic E-state index is 12.9. The molecule has 2 amide bonds. The minimum absolute atomic E-state index is 0.0897. The molecular weight excluding hydrogens is 358 g/mol. The molecule has 0 radical (unpaired) electrons. The van der Waals surface area contributed by atoms with Crippen molar-refractivity contribution in [3.63, 3.8) is 0 Å². The monoisotopic (exact) mass is 385 g/mol. The van der Waals surface area contributed by atoms with Crippen molar-refractivity contribution >= 4 is 11.7 Å². The summed E-state index contributed by atoms with van der Waals surface area (Å²) in [7, 11) is 3.66. The average Bonchev–Trinajstić information content (AvgIpc) is 3.41. The van der Waals surface area contributed by atoms with E-state index in [9.17, 15) is 4.79 Å². The molecule has 1 unspecified atom stereocenters. The number of nitrogens with one attached hydrogen (secondary N) is 1. The Balaban J connectivity index is 1.47. The number of hydrogen-bond acceptors (Lipinski definition) is 6. The third-order valence-electron chi connectivity index (χ3n) is 5.60. The number of amides is 2. The highest BCUT2D eigenvalue weighted by Gasteiger charge is 2.35. The van der Waals surface area contributed by atoms with E-state index < -0.39 is 0 Å². The van der Waals surface area contributed by atoms with Crippen LogP contribution in [-0.4, -0.2) is 59.8 Å². The van der Waals surface area contributed by atoms with E-state index in [0.717, 1.165) is 47.8 Å². The fourth-order valence-corrected chi connectivity index (χ4v) is 3.60. The van der Waals surface area contributed by atoms with Crippen molar-refractivity contribution in [2.24, 2.45) is 0 Å². The summed E-state index contributed by atoms with van der Waals surface area (Å²) in [5, 5.41) is 7.14. The molecular formula is C20H27N5O3. The SMILES string of the molecule is COc1cc(NC(=O)N2CCN(C)C(c3nc(C4CC4)no3)C2)c(C)cc1C. The molecule has 0 bridgehead atoms. The molecule has 2 aromatic rings. The maximum absolute atomic E-state index is 12.9. The zero-order valence-electron chi connectivity index (χ0n) is 16.9. The number of piperazine rings is 1. The molecule has 2 heterocycles. The van der Waals surface area contributed by atoms with Crippen LogP contribution in [0.2, 0.25) is 0 Å². The van der Waals surface area contributed by atoms with E-state index in [0.29, 0.717) is 24.9 Å². The molecule has 2 aliphatic rings. The number of methoxy groups -OCH3 is 1. The Morgan fingerprint density at radius 3 is 2.75 bits per heavy atom. The summed E-state index contributed by atoms with van der Waals surface area (Å²) in [6.07, 6.45) is 2.26. The molecule has 2 fully saturated rings. The molecule has 1 N–H and O–H groups in total. The number of nitrogens with zero attached hydrogens (tertiary/aromatic N) is 4. The fraction of sp³-hybridized carbons (Fsp3) is 0.550. The summed E-state index contributed by atoms with van der Waals surface area (Å²) in [6.45, 7) is 5.87. The molecule has 1 aliphatic carbocycles. The maximum Gasteiger partial charge on any atom is 0.321 e. The second-order valence-corrected chi connectivity index (χ2v) is 7.77. The Morgan fingerprint density at radius 1 is 1.25 bits per heavy atom. The average molecular weight is 385 g/mol. The molecule has 1 aromatic heterocycles. The van der Waals surface area contributed by atoms with Gasteiger partial charge in [-0.15, -0.1) is 0 Å². The molecule has 4 rings (SSSR count). The second kappa shape index (κ2) is 7.43. The van der Waals surface area contributed by atoms with Gasteiger partial charge in [-0.2, -0.15) is 4.98 Å². The van der Waals surface area contributed by atoms with Gasteiger partial charge >= 0.3 is 6.03 Å². The standard InChI is InChI=1S/C20H27N5O3/c1-12-9-13(2)17(27-4)10-15(12)21-20(26)25-8-7-24(3)16(11-25)19-22-18(23-28-19)14-5-6-14/h9-10,14,16H,5-8,11H2,1-4H3,(H,21,26). The molecule has 1 saturated carbocycles. The molecule has 150 valence electrons. The number of aromatic nitrogens is 2. The number of hydrogen-bond donors (Lipinski definition) is 1. The Bertz CT molecular complexity index is 877. The van der Waals surface area contributed by atoms with Crippen LogP contribution in [0.1, 0.15) is 47.6 Å². The number of carbonyl (C=O) groups excluding carboxylic acids is 1. The van der Waals surface area contributed by atoms with Crippen molar-refractivity contribution in [1.29, 1.82) is 0 Å². The van der Waals surface area contributed by atoms with Crippen LogP contribution in [0.25, 0.3) is 0 Å². The summed E-state index contributed by atoms with van der Waals surface area (Å²) in [5.74, 6) is 2.60. The highest BCUT2D eigenvalue weighted by Crippen LogP contribution is 2.39. The molecule has 8 heteroatoms. The van der Waals surface area contributed by atoms with Gasteiger partial charge in [0.15, 0.2) is 5.82 Å². The van der Waals surface area contributed by atoms with Crippen LogP contribution in [-0.2, 0) is 0 Å². The number of carbonyl (C=O) groups is 1. The minimum atomic E-state index is -0.131. The highest BCUT2D eigenvalue weighted by atomic mass is 16.5. The van der Waals surface area contributed by atoms with Gasteiger partial charge in [-0.05, 0) is 44.9 Å². The van der Waals surface area contributed by atoms with Crippen molar-refractivity contribution < 1.29 is 14.1 Å². The van der Waals surface area contributed by atoms with Crippen LogP contribution in [0.3, 0.4) is 0 Å². The van der Waals surface area contributed by atoms with E-state index in [1.54, 1.807) is 12.0 Å². The van der Waals surface area contributed by atoms with E-state index in [1.165, 1.54) is 0 Å². The number of likely N-dealkylation sites (N-methyl/N-ethyl adjacent to an activating group) is 1. The molecule has 0 spiro atoms. The van der Waals surface area contributed by atoms with Gasteiger partial charge in [-0.25, -0.2) is 4.79 Å². The molecule has 1 atom stereocenters. The van der Waals surface area contributed by atoms with Crippen LogP contribution in [0.5, 0.6) is 5.75 Å². The lowest BCUT2D eigenvalue weighted by Gasteiger charge is -2.37. The quantitative estimate of drug-likeness (QED) is 0.871. The van der Waals surface area contributed by atoms with Gasteiger partial charge in [0, 0.05) is 37.3 Å². The third-order valence-corrected chi connectivity index (χ3v) is 5.60. The summed E-state index contributed by atoms with van der Waals surface area (Å²) in [4.78, 5) is 21.4. The van der Waals surface area contributed by atoms with Gasteiger partial charge in [0.25, 0.3) is 0 Å². The first-order valence-electron chi connectivity index (χ1n) is 9.71. The summed E-state index contributed by atoms with van der Waals surface area (Å²) in [6, 6.07) is 3.66. The zero-order valence-corrected chi connectivity index (χ0v) is 16.9. The summed E-state index contributed by atoms with van der Waals surface area (Å²) < 4.78 is 10.9. The van der Waals surface area contributed by atoms with E-state index >= 15 is 0 Å². The fourth-order valence-electron chi connectivity index (χ4n) is 3.60. The van der Waals surface area contributed by atoms with Crippen LogP contribution >= 0.6 is 0 Å². The Morgan fingerprint density at radius 2 is 2.04 bits per heavy atom. The minimum Gasteiger partial charge on any atom is -0.496 e. The van der Waals surface area contributed by atoms with Gasteiger partial charge in [0.05, 0.1) is 7.11 Å². The number of ether oxygens (including phenoxy) is 1. The van der Waals surface area contributed by atoms with Crippen LogP contribution in [0, 0.1) is 13.8 Å². The largest absolute Gasteiger partial charge is 0.496 e. The van der Waals surface area contributed by atoms with E-state index in [1.807, 2.05) is 33.0 Å². The van der Waals surface area contributed by atoms with Crippen molar-refractivity contribution in [3.8, 4) is 5.75 Å². The number of urea groups is 1. The van der Waals surface area contributed by atoms with Gasteiger partial charge in [0.1, 0.15) is 11.8 Å². The van der Waals surface area contributed by atoms with Crippen LogP contribution in [0.15, 0.2) is 16.7 Å². The van der Waals surface area contributed by atoms with Crippen molar-refractivity contribution in [2.45, 2.75) is 38.6 Å². The highest BCUT2D eigenvalue weighted by molar-refractivity contribution is 5.90. The first-order chi connectivity index (χ1) is 13.5. The number of aryl methyl sites for hydroxylation is 2. The molecule has 8 nitrogen and oxygen atoms in total. The van der Waals surface area contributed by atoms with E-state index in [4.69, 9.17) is 9.26 Å². The van der Waals surface area contributed by atoms with Crippen molar-refractivity contribution in [2.75, 3.05) is 39.1 Å². The topological polar surface area (TPSA) is 83.7 Å². The Hall–Kier alpha value is -2.61. The van der Waals surface area contributed by atoms with E-state index in [2.05, 4.69) is 20.4 Å². The lowest BCUT2D eigenvalue weighted by Crippen LogP contribution is -2.50. The Labute approximate surface area is 164 Å². The van der Waals surface area contributed by atoms with E-state index in [-0.39, 0.29) is 12.1 Å². The molecule has 28 heavy (non-hydrogen) atoms. The van der Waals surface area contributed by atoms with Crippen LogP contribution < -0.4 is 10.1 Å². The predicted molar refractivity (Wildman–Crippen MR) is 105 cm³/mol. The predicted octanol–water partition coefficient (Wildman–Crippen LogP) is 3.09. The van der Waals surface area contributed by atoms with Gasteiger partial charge in [-0.3, -0.25) is 4.90 Å². The normalized spacial score (nSPS) is 20.3. The zero-order chi connectivity index (χ0) is 19.8. The van der Waals surface area contributed by atoms with Gasteiger partial charge in [-0.1, -0.05) is 11.2 Å². The third kappa shape index (κ3) is 3.69. The molecule has 1 aromatic carbocycles. The van der Waals surface area contributed by atoms with Gasteiger partial charge in [0.2, 0.25) is 5.89 Å². The smallest absolute Gasteiger partial charge is 0.321 e. The Kier molecular flexibility index (Phi) is 4.97. The van der Waals surface area contributed by atoms with Gasteiger partial charge < -0.3 is 19.5 Å². The van der Waals surface area contributed by atoms with Crippen LogP contribution in [0.4, 0.5) is 10.5 Å². The number of anilines is 1. The second-order valence-electron chi connectivity index (χ2n) is 7.77. The molecule has 1 saturated heterocycles. The lowest BCUT2D eigenvalue weighted by molar-refractivity contribution is 0.0960.